The number of fused-ring (bicyclic) bond motifs is 2. The van der Waals surface area contributed by atoms with Crippen LogP contribution in [0.4, 0.5) is 0 Å². The van der Waals surface area contributed by atoms with Crippen LogP contribution in [0.25, 0.3) is 9.75 Å². The minimum atomic E-state index is -0.899. The van der Waals surface area contributed by atoms with Crippen LogP contribution in [0, 0.1) is 5.92 Å². The number of carboxylic acids is 1. The van der Waals surface area contributed by atoms with Gasteiger partial charge in [0.25, 0.3) is 0 Å². The van der Waals surface area contributed by atoms with Gasteiger partial charge >= 0.3 is 11.9 Å². The average Bonchev–Trinajstić information content (AvgIpc) is 3.87. The van der Waals surface area contributed by atoms with Crippen LogP contribution in [0.3, 0.4) is 0 Å². The lowest BCUT2D eigenvalue weighted by molar-refractivity contribution is -0.144. The number of rotatable bonds is 17. The molecule has 0 saturated carbocycles. The third-order valence-electron chi connectivity index (χ3n) is 9.98. The summed E-state index contributed by atoms with van der Waals surface area (Å²) in [5, 5.41) is 9.51. The minimum Gasteiger partial charge on any atom is -0.481 e. The van der Waals surface area contributed by atoms with Crippen molar-refractivity contribution < 1.29 is 29.0 Å². The molecule has 0 aliphatic heterocycles. The highest BCUT2D eigenvalue weighted by atomic mass is 32.1. The van der Waals surface area contributed by atoms with Crippen molar-refractivity contribution in [3.05, 3.63) is 104 Å². The molecule has 0 fully saturated rings. The van der Waals surface area contributed by atoms with Gasteiger partial charge in [-0.1, -0.05) is 68.7 Å². The van der Waals surface area contributed by atoms with Crippen LogP contribution in [-0.4, -0.2) is 35.2 Å². The van der Waals surface area contributed by atoms with Gasteiger partial charge < -0.3 is 9.84 Å². The Bertz CT molecular complexity index is 1820. The molecule has 256 valence electrons. The lowest BCUT2D eigenvalue weighted by Crippen LogP contribution is -2.17. The summed E-state index contributed by atoms with van der Waals surface area (Å²) < 4.78 is 5.65. The number of carbonyl (C=O) groups excluding carboxylic acids is 3. The van der Waals surface area contributed by atoms with Gasteiger partial charge in [-0.2, -0.15) is 0 Å². The summed E-state index contributed by atoms with van der Waals surface area (Å²) in [7, 11) is 0. The van der Waals surface area contributed by atoms with Gasteiger partial charge in [0, 0.05) is 61.2 Å². The fraction of sp³-hybridized carbons (Fsp3) is 0.415. The molecule has 2 aliphatic carbocycles. The fourth-order valence-electron chi connectivity index (χ4n) is 7.47. The predicted molar refractivity (Wildman–Crippen MR) is 195 cm³/mol. The number of hydrogen-bond acceptors (Lipinski definition) is 7. The van der Waals surface area contributed by atoms with Crippen LogP contribution in [0.5, 0.6) is 0 Å². The number of thiophene rings is 2. The van der Waals surface area contributed by atoms with Crippen molar-refractivity contribution in [2.75, 3.05) is 6.61 Å². The summed E-state index contributed by atoms with van der Waals surface area (Å²) in [6.45, 7) is 2.55. The third kappa shape index (κ3) is 8.47. The van der Waals surface area contributed by atoms with Gasteiger partial charge in [0.1, 0.15) is 0 Å². The first-order chi connectivity index (χ1) is 23.8. The minimum absolute atomic E-state index is 0.0316. The second-order valence-corrected chi connectivity index (χ2v) is 15.8. The number of unbranched alkanes of at least 4 members (excludes halogenated alkanes) is 3. The molecule has 3 atom stereocenters. The van der Waals surface area contributed by atoms with E-state index >= 15 is 0 Å². The van der Waals surface area contributed by atoms with E-state index < -0.39 is 5.97 Å². The maximum Gasteiger partial charge on any atom is 0.306 e. The Morgan fingerprint density at radius 2 is 1.53 bits per heavy atom. The number of ether oxygens (including phenoxy) is 1. The lowest BCUT2D eigenvalue weighted by atomic mass is 9.85. The molecule has 2 heterocycles. The van der Waals surface area contributed by atoms with Gasteiger partial charge in [0.2, 0.25) is 0 Å². The van der Waals surface area contributed by atoms with E-state index in [2.05, 4.69) is 31.2 Å². The molecule has 0 radical (unpaired) electrons. The van der Waals surface area contributed by atoms with Gasteiger partial charge in [-0.3, -0.25) is 19.2 Å². The van der Waals surface area contributed by atoms with E-state index in [-0.39, 0.29) is 48.1 Å². The van der Waals surface area contributed by atoms with E-state index in [9.17, 15) is 24.3 Å². The second kappa shape index (κ2) is 16.2. The number of esters is 1. The monoisotopic (exact) mass is 696 g/mol. The van der Waals surface area contributed by atoms with E-state index in [0.29, 0.717) is 43.4 Å². The van der Waals surface area contributed by atoms with Crippen LogP contribution in [0.1, 0.15) is 124 Å². The molecule has 49 heavy (non-hydrogen) atoms. The Hall–Kier alpha value is -3.88. The van der Waals surface area contributed by atoms with Crippen molar-refractivity contribution in [2.45, 2.75) is 95.8 Å². The zero-order chi connectivity index (χ0) is 34.3. The number of hydrogen-bond donors (Lipinski definition) is 1. The quantitative estimate of drug-likeness (QED) is 0.0872. The molecule has 0 amide bonds. The topological polar surface area (TPSA) is 97.7 Å². The largest absolute Gasteiger partial charge is 0.481 e. The number of aliphatic carboxylic acids is 1. The van der Waals surface area contributed by atoms with Gasteiger partial charge in [-0.25, -0.2) is 0 Å². The molecule has 6 rings (SSSR count). The summed E-state index contributed by atoms with van der Waals surface area (Å²) in [6, 6.07) is 21.9. The molecular weight excluding hydrogens is 653 g/mol. The van der Waals surface area contributed by atoms with Crippen molar-refractivity contribution in [3.8, 4) is 9.75 Å². The molecule has 2 aromatic carbocycles. The van der Waals surface area contributed by atoms with Crippen LogP contribution in [0.2, 0.25) is 0 Å². The number of Topliss-reactive ketones (excluding diaryl/α,β-unsaturated/α-hetero) is 2. The number of carboxylic acid groups (broad SMARTS) is 1. The molecule has 2 aromatic heterocycles. The smallest absolute Gasteiger partial charge is 0.306 e. The molecule has 0 saturated heterocycles. The van der Waals surface area contributed by atoms with E-state index in [1.165, 1.54) is 45.2 Å². The molecule has 0 spiro atoms. The van der Waals surface area contributed by atoms with Crippen molar-refractivity contribution in [2.24, 2.45) is 5.92 Å². The first-order valence-electron chi connectivity index (χ1n) is 17.6. The molecule has 3 unspecified atom stereocenters. The SMILES string of the molecule is CCCCCCc1ccc(-c2ccc(CCOC(=O)CC3CC(=O)c4ccc(CCCC5C(=O)c6ccccc6C5CC(=O)O)cc43)s2)s1. The fourth-order valence-corrected chi connectivity index (χ4v) is 9.60. The first-order valence-corrected chi connectivity index (χ1v) is 19.3. The highest BCUT2D eigenvalue weighted by Gasteiger charge is 2.40. The average molecular weight is 697 g/mol. The number of aryl methyl sites for hydroxylation is 2. The first kappa shape index (κ1) is 35.0. The molecular formula is C41H44O6S2. The lowest BCUT2D eigenvalue weighted by Gasteiger charge is -2.18. The van der Waals surface area contributed by atoms with Crippen molar-refractivity contribution in [3.63, 3.8) is 0 Å². The molecule has 0 bridgehead atoms. The zero-order valence-corrected chi connectivity index (χ0v) is 29.7. The van der Waals surface area contributed by atoms with Crippen molar-refractivity contribution in [1.29, 1.82) is 0 Å². The Balaban J connectivity index is 0.983. The van der Waals surface area contributed by atoms with Crippen LogP contribution >= 0.6 is 22.7 Å². The molecule has 1 N–H and O–H groups in total. The molecule has 6 nitrogen and oxygen atoms in total. The highest BCUT2D eigenvalue weighted by molar-refractivity contribution is 7.22. The number of carbonyl (C=O) groups is 4. The zero-order valence-electron chi connectivity index (χ0n) is 28.1. The number of ketones is 2. The van der Waals surface area contributed by atoms with Gasteiger partial charge in [-0.15, -0.1) is 22.7 Å². The molecule has 2 aliphatic rings. The predicted octanol–water partition coefficient (Wildman–Crippen LogP) is 9.84. The molecule has 4 aromatic rings. The Kier molecular flexibility index (Phi) is 11.6. The standard InChI is InChI=1S/C41H44O6S2/c1-2-3-4-5-10-28-15-18-37(48-28)38-19-16-29(49-38)20-21-47-40(45)24-27-23-36(42)31-17-14-26(22-34(27)31)9-8-13-33-35(25-39(43)44)30-11-6-7-12-32(30)41(33)46/h6-7,11-12,14-19,22,27,33,35H,2-5,8-10,13,20-21,23-25H2,1H3,(H,43,44). The summed E-state index contributed by atoms with van der Waals surface area (Å²) in [4.78, 5) is 55.6. The highest BCUT2D eigenvalue weighted by Crippen LogP contribution is 2.43. The van der Waals surface area contributed by atoms with Crippen molar-refractivity contribution in [1.82, 2.24) is 0 Å². The van der Waals surface area contributed by atoms with Gasteiger partial charge in [-0.05, 0) is 73.1 Å². The van der Waals surface area contributed by atoms with Crippen LogP contribution < -0.4 is 0 Å². The van der Waals surface area contributed by atoms with E-state index in [1.54, 1.807) is 17.4 Å². The summed E-state index contributed by atoms with van der Waals surface area (Å²) in [5.74, 6) is -1.97. The van der Waals surface area contributed by atoms with Crippen molar-refractivity contribution >= 4 is 46.2 Å². The van der Waals surface area contributed by atoms with E-state index in [4.69, 9.17) is 4.74 Å². The third-order valence-corrected chi connectivity index (χ3v) is 12.5. The van der Waals surface area contributed by atoms with Gasteiger partial charge in [0.15, 0.2) is 11.6 Å². The van der Waals surface area contributed by atoms with E-state index in [0.717, 1.165) is 29.5 Å². The summed E-state index contributed by atoms with van der Waals surface area (Å²) in [6.07, 6.45) is 9.31. The van der Waals surface area contributed by atoms with Crippen LogP contribution in [-0.2, 0) is 33.6 Å². The Labute approximate surface area is 296 Å². The van der Waals surface area contributed by atoms with E-state index in [1.807, 2.05) is 47.7 Å². The summed E-state index contributed by atoms with van der Waals surface area (Å²) in [5.41, 5.74) is 4.10. The van der Waals surface area contributed by atoms with Crippen LogP contribution in [0.15, 0.2) is 66.7 Å². The normalized spacial score (nSPS) is 18.1. The maximum atomic E-state index is 13.2. The van der Waals surface area contributed by atoms with Gasteiger partial charge in [0.05, 0.1) is 19.4 Å². The molecule has 8 heteroatoms. The maximum absolute atomic E-state index is 13.2. The Morgan fingerprint density at radius 3 is 2.29 bits per heavy atom. The number of benzene rings is 2. The summed E-state index contributed by atoms with van der Waals surface area (Å²) >= 11 is 3.63. The second-order valence-electron chi connectivity index (χ2n) is 13.4. The Morgan fingerprint density at radius 1 is 0.776 bits per heavy atom.